The van der Waals surface area contributed by atoms with E-state index >= 15 is 0 Å². The number of hydrogen-bond acceptors (Lipinski definition) is 4. The second-order valence-corrected chi connectivity index (χ2v) is 6.59. The molecule has 1 aliphatic heterocycles. The van der Waals surface area contributed by atoms with Crippen LogP contribution in [0.5, 0.6) is 0 Å². The number of nitrogens with two attached hydrogens (primary N) is 1. The van der Waals surface area contributed by atoms with Crippen molar-refractivity contribution in [2.24, 2.45) is 11.7 Å². The van der Waals surface area contributed by atoms with Gasteiger partial charge in [0.1, 0.15) is 0 Å². The SMILES string of the molecule is NC(=O)C1CC(=O)N(c2nc(-c3cccc(Br)c3)cs2)C1. The molecule has 2 N–H and O–H groups in total. The molecule has 2 aromatic rings. The van der Waals surface area contributed by atoms with Crippen LogP contribution in [0.3, 0.4) is 0 Å². The van der Waals surface area contributed by atoms with E-state index in [0.29, 0.717) is 11.7 Å². The van der Waals surface area contributed by atoms with Crippen molar-refractivity contribution in [3.05, 3.63) is 34.1 Å². The van der Waals surface area contributed by atoms with Crippen LogP contribution in [-0.4, -0.2) is 23.3 Å². The number of nitrogens with zero attached hydrogens (tertiary/aromatic N) is 2. The van der Waals surface area contributed by atoms with Gasteiger partial charge in [0, 0.05) is 28.4 Å². The number of aromatic nitrogens is 1. The number of benzene rings is 1. The van der Waals surface area contributed by atoms with Gasteiger partial charge in [0.15, 0.2) is 5.13 Å². The van der Waals surface area contributed by atoms with Crippen LogP contribution < -0.4 is 10.6 Å². The van der Waals surface area contributed by atoms with Crippen LogP contribution in [-0.2, 0) is 9.59 Å². The van der Waals surface area contributed by atoms with Gasteiger partial charge in [0.25, 0.3) is 0 Å². The molecule has 3 rings (SSSR count). The van der Waals surface area contributed by atoms with Gasteiger partial charge in [0.2, 0.25) is 11.8 Å². The Bertz CT molecular complexity index is 716. The molecule has 1 aromatic carbocycles. The number of amides is 2. The minimum Gasteiger partial charge on any atom is -0.369 e. The Morgan fingerprint density at radius 1 is 1.48 bits per heavy atom. The molecule has 0 bridgehead atoms. The summed E-state index contributed by atoms with van der Waals surface area (Å²) in [6.07, 6.45) is 0.168. The second kappa shape index (κ2) is 5.57. The molecule has 1 aromatic heterocycles. The van der Waals surface area contributed by atoms with Crippen LogP contribution in [0.25, 0.3) is 11.3 Å². The van der Waals surface area contributed by atoms with E-state index in [2.05, 4.69) is 20.9 Å². The van der Waals surface area contributed by atoms with E-state index in [4.69, 9.17) is 5.73 Å². The van der Waals surface area contributed by atoms with Gasteiger partial charge in [-0.05, 0) is 12.1 Å². The molecule has 5 nitrogen and oxygen atoms in total. The molecule has 7 heteroatoms. The maximum Gasteiger partial charge on any atom is 0.229 e. The van der Waals surface area contributed by atoms with Crippen LogP contribution in [0.1, 0.15) is 6.42 Å². The number of hydrogen-bond donors (Lipinski definition) is 1. The molecule has 1 unspecified atom stereocenters. The Hall–Kier alpha value is -1.73. The Morgan fingerprint density at radius 2 is 2.29 bits per heavy atom. The number of carbonyl (C=O) groups excluding carboxylic acids is 2. The van der Waals surface area contributed by atoms with Crippen LogP contribution in [0.4, 0.5) is 5.13 Å². The minimum absolute atomic E-state index is 0.103. The lowest BCUT2D eigenvalue weighted by molar-refractivity contribution is -0.123. The van der Waals surface area contributed by atoms with E-state index < -0.39 is 11.8 Å². The molecule has 2 heterocycles. The number of primary amides is 1. The average Bonchev–Trinajstić information content (AvgIpc) is 3.05. The Morgan fingerprint density at radius 3 is 2.95 bits per heavy atom. The van der Waals surface area contributed by atoms with Crippen LogP contribution in [0.2, 0.25) is 0 Å². The smallest absolute Gasteiger partial charge is 0.229 e. The summed E-state index contributed by atoms with van der Waals surface area (Å²) in [5, 5.41) is 2.51. The van der Waals surface area contributed by atoms with E-state index in [1.807, 2.05) is 29.6 Å². The average molecular weight is 366 g/mol. The van der Waals surface area contributed by atoms with Crippen molar-refractivity contribution >= 4 is 44.2 Å². The zero-order valence-corrected chi connectivity index (χ0v) is 13.4. The highest BCUT2D eigenvalue weighted by Gasteiger charge is 2.35. The van der Waals surface area contributed by atoms with Crippen molar-refractivity contribution in [1.82, 2.24) is 4.98 Å². The van der Waals surface area contributed by atoms with Gasteiger partial charge < -0.3 is 5.73 Å². The van der Waals surface area contributed by atoms with Crippen LogP contribution >= 0.6 is 27.3 Å². The third-order valence-electron chi connectivity index (χ3n) is 3.37. The van der Waals surface area contributed by atoms with Crippen molar-refractivity contribution < 1.29 is 9.59 Å². The normalized spacial score (nSPS) is 18.2. The molecule has 2 amide bonds. The van der Waals surface area contributed by atoms with E-state index in [9.17, 15) is 9.59 Å². The molecule has 21 heavy (non-hydrogen) atoms. The van der Waals surface area contributed by atoms with Gasteiger partial charge in [0.05, 0.1) is 11.6 Å². The van der Waals surface area contributed by atoms with E-state index in [0.717, 1.165) is 15.7 Å². The molecular weight excluding hydrogens is 354 g/mol. The van der Waals surface area contributed by atoms with E-state index in [1.54, 1.807) is 4.90 Å². The van der Waals surface area contributed by atoms with Crippen molar-refractivity contribution in [1.29, 1.82) is 0 Å². The largest absolute Gasteiger partial charge is 0.369 e. The zero-order chi connectivity index (χ0) is 15.0. The first-order chi connectivity index (χ1) is 10.0. The van der Waals surface area contributed by atoms with Crippen molar-refractivity contribution in [2.45, 2.75) is 6.42 Å². The molecule has 1 aliphatic rings. The van der Waals surface area contributed by atoms with Gasteiger partial charge in [-0.3, -0.25) is 14.5 Å². The Balaban J connectivity index is 1.86. The fourth-order valence-electron chi connectivity index (χ4n) is 2.25. The highest BCUT2D eigenvalue weighted by molar-refractivity contribution is 9.10. The predicted molar refractivity (Wildman–Crippen MR) is 84.9 cm³/mol. The molecule has 0 radical (unpaired) electrons. The minimum atomic E-state index is -0.436. The quantitative estimate of drug-likeness (QED) is 0.906. The summed E-state index contributed by atoms with van der Waals surface area (Å²) in [4.78, 5) is 29.2. The summed E-state index contributed by atoms with van der Waals surface area (Å²) in [6, 6.07) is 7.80. The van der Waals surface area contributed by atoms with Crippen LogP contribution in [0.15, 0.2) is 34.1 Å². The number of rotatable bonds is 3. The summed E-state index contributed by atoms with van der Waals surface area (Å²) < 4.78 is 0.973. The molecular formula is C14H12BrN3O2S. The lowest BCUT2D eigenvalue weighted by Gasteiger charge is -2.11. The molecule has 0 spiro atoms. The fourth-order valence-corrected chi connectivity index (χ4v) is 3.51. The van der Waals surface area contributed by atoms with Gasteiger partial charge in [-0.2, -0.15) is 0 Å². The summed E-state index contributed by atoms with van der Waals surface area (Å²) in [5.41, 5.74) is 7.06. The molecule has 108 valence electrons. The zero-order valence-electron chi connectivity index (χ0n) is 11.0. The van der Waals surface area contributed by atoms with Crippen molar-refractivity contribution in [3.8, 4) is 11.3 Å². The van der Waals surface area contributed by atoms with Crippen molar-refractivity contribution in [3.63, 3.8) is 0 Å². The first-order valence-corrected chi connectivity index (χ1v) is 8.03. The lowest BCUT2D eigenvalue weighted by Crippen LogP contribution is -2.28. The predicted octanol–water partition coefficient (Wildman–Crippen LogP) is 2.41. The molecule has 0 saturated carbocycles. The Labute approximate surface area is 133 Å². The fraction of sp³-hybridized carbons (Fsp3) is 0.214. The third-order valence-corrected chi connectivity index (χ3v) is 4.73. The summed E-state index contributed by atoms with van der Waals surface area (Å²) in [5.74, 6) is -0.959. The van der Waals surface area contributed by atoms with E-state index in [-0.39, 0.29) is 12.3 Å². The molecule has 1 fully saturated rings. The summed E-state index contributed by atoms with van der Waals surface area (Å²) >= 11 is 4.82. The van der Waals surface area contributed by atoms with E-state index in [1.165, 1.54) is 11.3 Å². The maximum atomic E-state index is 12.0. The summed E-state index contributed by atoms with van der Waals surface area (Å²) in [6.45, 7) is 0.319. The van der Waals surface area contributed by atoms with Gasteiger partial charge in [-0.15, -0.1) is 11.3 Å². The van der Waals surface area contributed by atoms with Crippen molar-refractivity contribution in [2.75, 3.05) is 11.4 Å². The standard InChI is InChI=1S/C14H12BrN3O2S/c15-10-3-1-2-8(4-10)11-7-21-14(17-11)18-6-9(13(16)20)5-12(18)19/h1-4,7,9H,5-6H2,(H2,16,20). The summed E-state index contributed by atoms with van der Waals surface area (Å²) in [7, 11) is 0. The number of thiazole rings is 1. The number of anilines is 1. The van der Waals surface area contributed by atoms with Crippen LogP contribution in [0, 0.1) is 5.92 Å². The van der Waals surface area contributed by atoms with Gasteiger partial charge >= 0.3 is 0 Å². The lowest BCUT2D eigenvalue weighted by atomic mass is 10.1. The second-order valence-electron chi connectivity index (χ2n) is 4.83. The first kappa shape index (κ1) is 14.2. The first-order valence-electron chi connectivity index (χ1n) is 6.36. The third kappa shape index (κ3) is 2.84. The maximum absolute atomic E-state index is 12.0. The monoisotopic (exact) mass is 365 g/mol. The molecule has 0 aliphatic carbocycles. The molecule has 1 saturated heterocycles. The number of carbonyl (C=O) groups is 2. The number of halogens is 1. The highest BCUT2D eigenvalue weighted by Crippen LogP contribution is 2.32. The van der Waals surface area contributed by atoms with Gasteiger partial charge in [-0.1, -0.05) is 28.1 Å². The Kier molecular flexibility index (Phi) is 3.77. The molecule has 1 atom stereocenters. The highest BCUT2D eigenvalue weighted by atomic mass is 79.9. The van der Waals surface area contributed by atoms with Gasteiger partial charge in [-0.25, -0.2) is 4.98 Å². The topological polar surface area (TPSA) is 76.3 Å².